The van der Waals surface area contributed by atoms with Gasteiger partial charge in [0.15, 0.2) is 5.78 Å². The smallest absolute Gasteiger partial charge is 0.161 e. The summed E-state index contributed by atoms with van der Waals surface area (Å²) in [5.41, 5.74) is 3.58. The van der Waals surface area contributed by atoms with Crippen LogP contribution in [0, 0.1) is 6.92 Å². The molecule has 2 N–H and O–H groups in total. The number of aryl methyl sites for hydroxylation is 1. The van der Waals surface area contributed by atoms with E-state index in [4.69, 9.17) is 0 Å². The summed E-state index contributed by atoms with van der Waals surface area (Å²) >= 11 is 0. The van der Waals surface area contributed by atoms with E-state index in [2.05, 4.69) is 36.6 Å². The Bertz CT molecular complexity index is 1060. The molecule has 1 aliphatic heterocycles. The highest BCUT2D eigenvalue weighted by Crippen LogP contribution is 2.23. The minimum atomic E-state index is 0.0435. The number of carbonyl (C=O) groups is 1. The van der Waals surface area contributed by atoms with Crippen molar-refractivity contribution in [3.05, 3.63) is 66.3 Å². The van der Waals surface area contributed by atoms with E-state index in [9.17, 15) is 4.79 Å². The fraction of sp³-hybridized carbons (Fsp3) is 0.304. The Kier molecular flexibility index (Phi) is 6.41. The SMILES string of the molecule is Cc1cccc(Nc2ncnc3cnc(CC(=O)/C=C/CN4CCNCC4)cc23)c1. The van der Waals surface area contributed by atoms with Crippen molar-refractivity contribution in [1.82, 2.24) is 25.2 Å². The number of anilines is 2. The summed E-state index contributed by atoms with van der Waals surface area (Å²) < 4.78 is 0. The molecular formula is C23H26N6O. The number of fused-ring (bicyclic) bond motifs is 1. The molecule has 0 unspecified atom stereocenters. The minimum Gasteiger partial charge on any atom is -0.340 e. The van der Waals surface area contributed by atoms with Gasteiger partial charge >= 0.3 is 0 Å². The molecule has 0 amide bonds. The number of hydrogen-bond acceptors (Lipinski definition) is 7. The van der Waals surface area contributed by atoms with Crippen LogP contribution in [0.3, 0.4) is 0 Å². The van der Waals surface area contributed by atoms with Crippen LogP contribution >= 0.6 is 0 Å². The number of rotatable bonds is 7. The molecular weight excluding hydrogens is 376 g/mol. The van der Waals surface area contributed by atoms with Gasteiger partial charge < -0.3 is 10.6 Å². The Labute approximate surface area is 176 Å². The first-order valence-corrected chi connectivity index (χ1v) is 10.2. The molecule has 0 saturated carbocycles. The average Bonchev–Trinajstić information content (AvgIpc) is 2.75. The van der Waals surface area contributed by atoms with Crippen molar-refractivity contribution in [3.63, 3.8) is 0 Å². The molecule has 1 fully saturated rings. The number of benzene rings is 1. The Morgan fingerprint density at radius 1 is 1.20 bits per heavy atom. The highest BCUT2D eigenvalue weighted by Gasteiger charge is 2.10. The van der Waals surface area contributed by atoms with Crippen molar-refractivity contribution in [2.24, 2.45) is 0 Å². The van der Waals surface area contributed by atoms with Gasteiger partial charge in [0.05, 0.1) is 18.1 Å². The first-order chi connectivity index (χ1) is 14.7. The van der Waals surface area contributed by atoms with Gasteiger partial charge in [0.1, 0.15) is 12.1 Å². The zero-order valence-corrected chi connectivity index (χ0v) is 17.1. The van der Waals surface area contributed by atoms with E-state index >= 15 is 0 Å². The molecule has 7 heteroatoms. The molecule has 3 aromatic rings. The number of nitrogens with one attached hydrogen (secondary N) is 2. The Balaban J connectivity index is 1.46. The van der Waals surface area contributed by atoms with Gasteiger partial charge in [-0.3, -0.25) is 14.7 Å². The van der Waals surface area contributed by atoms with Crippen LogP contribution in [0.4, 0.5) is 11.5 Å². The molecule has 0 radical (unpaired) electrons. The normalized spacial score (nSPS) is 15.0. The summed E-state index contributed by atoms with van der Waals surface area (Å²) in [6, 6.07) is 10.0. The third-order valence-electron chi connectivity index (χ3n) is 5.09. The molecule has 0 atom stereocenters. The van der Waals surface area contributed by atoms with Crippen LogP contribution in [0.2, 0.25) is 0 Å². The van der Waals surface area contributed by atoms with E-state index in [0.717, 1.165) is 49.3 Å². The van der Waals surface area contributed by atoms with Gasteiger partial charge in [0.2, 0.25) is 0 Å². The third-order valence-corrected chi connectivity index (χ3v) is 5.09. The molecule has 3 heterocycles. The summed E-state index contributed by atoms with van der Waals surface area (Å²) in [5.74, 6) is 0.748. The topological polar surface area (TPSA) is 83.0 Å². The number of nitrogens with zero attached hydrogens (tertiary/aromatic N) is 4. The highest BCUT2D eigenvalue weighted by molar-refractivity contribution is 5.93. The molecule has 0 spiro atoms. The second-order valence-corrected chi connectivity index (χ2v) is 7.51. The number of allylic oxidation sites excluding steroid dienone is 1. The van der Waals surface area contributed by atoms with E-state index in [-0.39, 0.29) is 12.2 Å². The molecule has 0 aliphatic carbocycles. The fourth-order valence-electron chi connectivity index (χ4n) is 3.52. The lowest BCUT2D eigenvalue weighted by Crippen LogP contribution is -2.43. The lowest BCUT2D eigenvalue weighted by Gasteiger charge is -2.25. The Morgan fingerprint density at radius 2 is 2.07 bits per heavy atom. The molecule has 30 heavy (non-hydrogen) atoms. The first kappa shape index (κ1) is 20.1. The van der Waals surface area contributed by atoms with E-state index < -0.39 is 0 Å². The number of ketones is 1. The summed E-state index contributed by atoms with van der Waals surface area (Å²) in [7, 11) is 0. The summed E-state index contributed by atoms with van der Waals surface area (Å²) in [6.07, 6.45) is 7.09. The van der Waals surface area contributed by atoms with Crippen molar-refractivity contribution in [2.45, 2.75) is 13.3 Å². The molecule has 7 nitrogen and oxygen atoms in total. The van der Waals surface area contributed by atoms with Gasteiger partial charge in [0, 0.05) is 49.5 Å². The van der Waals surface area contributed by atoms with Crippen LogP contribution in [0.15, 0.2) is 55.0 Å². The summed E-state index contributed by atoms with van der Waals surface area (Å²) in [6.45, 7) is 6.89. The summed E-state index contributed by atoms with van der Waals surface area (Å²) in [4.78, 5) is 27.8. The minimum absolute atomic E-state index is 0.0435. The number of aromatic nitrogens is 3. The van der Waals surface area contributed by atoms with E-state index in [1.165, 1.54) is 11.9 Å². The maximum Gasteiger partial charge on any atom is 0.161 e. The number of hydrogen-bond donors (Lipinski definition) is 2. The maximum atomic E-state index is 12.4. The lowest BCUT2D eigenvalue weighted by atomic mass is 10.1. The predicted octanol–water partition coefficient (Wildman–Crippen LogP) is 2.65. The second-order valence-electron chi connectivity index (χ2n) is 7.51. The van der Waals surface area contributed by atoms with Crippen molar-refractivity contribution in [1.29, 1.82) is 0 Å². The largest absolute Gasteiger partial charge is 0.340 e. The van der Waals surface area contributed by atoms with E-state index in [1.54, 1.807) is 12.3 Å². The zero-order chi connectivity index (χ0) is 20.8. The number of piperazine rings is 1. The van der Waals surface area contributed by atoms with Crippen molar-refractivity contribution < 1.29 is 4.79 Å². The van der Waals surface area contributed by atoms with Gasteiger partial charge in [-0.05, 0) is 36.8 Å². The van der Waals surface area contributed by atoms with Gasteiger partial charge in [0.25, 0.3) is 0 Å². The molecule has 1 aliphatic rings. The van der Waals surface area contributed by atoms with Crippen LogP contribution in [-0.2, 0) is 11.2 Å². The predicted molar refractivity (Wildman–Crippen MR) is 119 cm³/mol. The highest BCUT2D eigenvalue weighted by atomic mass is 16.1. The first-order valence-electron chi connectivity index (χ1n) is 10.2. The summed E-state index contributed by atoms with van der Waals surface area (Å²) in [5, 5.41) is 7.53. The van der Waals surface area contributed by atoms with Gasteiger partial charge in [-0.1, -0.05) is 18.2 Å². The molecule has 1 saturated heterocycles. The van der Waals surface area contributed by atoms with Crippen LogP contribution in [0.25, 0.3) is 10.9 Å². The van der Waals surface area contributed by atoms with Crippen molar-refractivity contribution in [2.75, 3.05) is 38.0 Å². The third kappa shape index (κ3) is 5.25. The zero-order valence-electron chi connectivity index (χ0n) is 17.1. The van der Waals surface area contributed by atoms with Crippen molar-refractivity contribution >= 4 is 28.2 Å². The number of carbonyl (C=O) groups excluding carboxylic acids is 1. The fourth-order valence-corrected chi connectivity index (χ4v) is 3.52. The van der Waals surface area contributed by atoms with E-state index in [0.29, 0.717) is 11.5 Å². The van der Waals surface area contributed by atoms with Crippen molar-refractivity contribution in [3.8, 4) is 0 Å². The monoisotopic (exact) mass is 402 g/mol. The van der Waals surface area contributed by atoms with Gasteiger partial charge in [-0.2, -0.15) is 0 Å². The van der Waals surface area contributed by atoms with Crippen LogP contribution in [-0.4, -0.2) is 58.4 Å². The molecule has 2 aromatic heterocycles. The number of pyridine rings is 1. The Morgan fingerprint density at radius 3 is 2.90 bits per heavy atom. The standard InChI is InChI=1S/C23H26N6O/c1-17-4-2-5-18(12-17)28-23-21-14-19(25-15-22(21)26-16-27-23)13-20(30)6-3-9-29-10-7-24-8-11-29/h2-6,12,14-16,24H,7-11,13H2,1H3,(H,26,27,28)/b6-3+. The van der Waals surface area contributed by atoms with E-state index in [1.807, 2.05) is 37.3 Å². The van der Waals surface area contributed by atoms with Crippen LogP contribution in [0.1, 0.15) is 11.3 Å². The van der Waals surface area contributed by atoms with Crippen LogP contribution < -0.4 is 10.6 Å². The molecule has 1 aromatic carbocycles. The molecule has 0 bridgehead atoms. The van der Waals surface area contributed by atoms with Crippen LogP contribution in [0.5, 0.6) is 0 Å². The lowest BCUT2D eigenvalue weighted by molar-refractivity contribution is -0.114. The van der Waals surface area contributed by atoms with Gasteiger partial charge in [-0.15, -0.1) is 0 Å². The average molecular weight is 403 g/mol. The van der Waals surface area contributed by atoms with Gasteiger partial charge in [-0.25, -0.2) is 9.97 Å². The Hall–Kier alpha value is -3.16. The maximum absolute atomic E-state index is 12.4. The quantitative estimate of drug-likeness (QED) is 0.588. The molecule has 4 rings (SSSR count). The second kappa shape index (κ2) is 9.56. The molecule has 154 valence electrons.